The third-order valence-electron chi connectivity index (χ3n) is 4.46. The Kier molecular flexibility index (Phi) is 6.19. The van der Waals surface area contributed by atoms with E-state index >= 15 is 0 Å². The van der Waals surface area contributed by atoms with Crippen molar-refractivity contribution >= 4 is 13.5 Å². The molecule has 0 aromatic heterocycles. The molecule has 0 saturated carbocycles. The second-order valence-corrected chi connectivity index (χ2v) is 8.69. The maximum Gasteiger partial charge on any atom is 0.453 e. The quantitative estimate of drug-likeness (QED) is 0.756. The van der Waals surface area contributed by atoms with E-state index in [0.29, 0.717) is 24.5 Å². The van der Waals surface area contributed by atoms with Gasteiger partial charge < -0.3 is 19.7 Å². The molecule has 144 valence electrons. The molecular formula is C20H25N2O4P. The molecule has 6 nitrogen and oxygen atoms in total. The summed E-state index contributed by atoms with van der Waals surface area (Å²) in [7, 11) is -3.74. The van der Waals surface area contributed by atoms with Gasteiger partial charge in [-0.25, -0.2) is 4.57 Å². The van der Waals surface area contributed by atoms with E-state index in [1.54, 1.807) is 60.4 Å². The third-order valence-corrected chi connectivity index (χ3v) is 6.66. The molecule has 1 fully saturated rings. The number of rotatable bonds is 6. The van der Waals surface area contributed by atoms with E-state index in [4.69, 9.17) is 14.8 Å². The van der Waals surface area contributed by atoms with Crippen LogP contribution in [0, 0.1) is 0 Å². The number of benzene rings is 2. The molecule has 1 unspecified atom stereocenters. The molecule has 2 aromatic carbocycles. The minimum absolute atomic E-state index is 0.242. The Morgan fingerprint density at radius 3 is 2.04 bits per heavy atom. The van der Waals surface area contributed by atoms with Crippen LogP contribution < -0.4 is 14.8 Å². The summed E-state index contributed by atoms with van der Waals surface area (Å²) < 4.78 is 25.8. The van der Waals surface area contributed by atoms with E-state index in [1.807, 2.05) is 12.1 Å². The lowest BCUT2D eigenvalue weighted by atomic mass is 10.1. The predicted molar refractivity (Wildman–Crippen MR) is 105 cm³/mol. The molecule has 27 heavy (non-hydrogen) atoms. The van der Waals surface area contributed by atoms with Crippen molar-refractivity contribution in [2.75, 3.05) is 6.54 Å². The maximum absolute atomic E-state index is 14.0. The van der Waals surface area contributed by atoms with Crippen molar-refractivity contribution in [2.45, 2.75) is 38.0 Å². The Labute approximate surface area is 159 Å². The van der Waals surface area contributed by atoms with Gasteiger partial charge in [0.15, 0.2) is 5.78 Å². The van der Waals surface area contributed by atoms with E-state index in [-0.39, 0.29) is 5.91 Å². The number of likely N-dealkylation sites (tertiary alicyclic amines) is 1. The maximum atomic E-state index is 14.0. The summed E-state index contributed by atoms with van der Waals surface area (Å²) in [5.41, 5.74) is 5.81. The summed E-state index contributed by atoms with van der Waals surface area (Å²) in [6.07, 6.45) is 2.22. The monoisotopic (exact) mass is 388 g/mol. The van der Waals surface area contributed by atoms with Crippen LogP contribution in [0.5, 0.6) is 11.5 Å². The highest BCUT2D eigenvalue weighted by atomic mass is 31.2. The predicted octanol–water partition coefficient (Wildman–Crippen LogP) is 4.02. The van der Waals surface area contributed by atoms with Crippen molar-refractivity contribution in [1.82, 2.24) is 4.90 Å². The number of piperidine rings is 1. The van der Waals surface area contributed by atoms with E-state index in [2.05, 4.69) is 0 Å². The molecule has 0 spiro atoms. The fourth-order valence-corrected chi connectivity index (χ4v) is 5.34. The van der Waals surface area contributed by atoms with Gasteiger partial charge in [-0.1, -0.05) is 36.4 Å². The standard InChI is InChI=1S/C20H25N2O4P/c1-16(21)20(23)22-15-9-8-14-19(22)27(24,25-17-10-4-2-5-11-17)26-18-12-6-3-7-13-18/h2-7,10-13,16,19H,8-9,14-15,21H2,1H3/t16-,19?/m0/s1. The normalized spacial score (nSPS) is 18.6. The van der Waals surface area contributed by atoms with Crippen LogP contribution in [-0.2, 0) is 9.36 Å². The first-order valence-corrected chi connectivity index (χ1v) is 10.8. The fourth-order valence-electron chi connectivity index (χ4n) is 3.16. The summed E-state index contributed by atoms with van der Waals surface area (Å²) in [6, 6.07) is 17.1. The van der Waals surface area contributed by atoms with Crippen LogP contribution in [0.25, 0.3) is 0 Å². The van der Waals surface area contributed by atoms with Crippen molar-refractivity contribution in [3.05, 3.63) is 60.7 Å². The lowest BCUT2D eigenvalue weighted by molar-refractivity contribution is -0.134. The minimum atomic E-state index is -3.74. The van der Waals surface area contributed by atoms with Crippen molar-refractivity contribution in [3.8, 4) is 11.5 Å². The van der Waals surface area contributed by atoms with Gasteiger partial charge in [-0.2, -0.15) is 0 Å². The average Bonchev–Trinajstić information content (AvgIpc) is 2.69. The van der Waals surface area contributed by atoms with Gasteiger partial charge in [0.1, 0.15) is 11.5 Å². The highest BCUT2D eigenvalue weighted by Crippen LogP contribution is 2.56. The number of carbonyl (C=O) groups excluding carboxylic acids is 1. The van der Waals surface area contributed by atoms with Gasteiger partial charge in [0.2, 0.25) is 5.91 Å². The molecule has 0 radical (unpaired) electrons. The van der Waals surface area contributed by atoms with Gasteiger partial charge in [-0.15, -0.1) is 0 Å². The summed E-state index contributed by atoms with van der Waals surface area (Å²) >= 11 is 0. The average molecular weight is 388 g/mol. The molecule has 1 amide bonds. The van der Waals surface area contributed by atoms with Crippen molar-refractivity contribution in [3.63, 3.8) is 0 Å². The Hall–Kier alpha value is -2.30. The summed E-state index contributed by atoms with van der Waals surface area (Å²) in [5, 5.41) is 0. The molecule has 2 N–H and O–H groups in total. The van der Waals surface area contributed by atoms with E-state index in [9.17, 15) is 9.36 Å². The number of nitrogens with two attached hydrogens (primary N) is 1. The van der Waals surface area contributed by atoms with Gasteiger partial charge in [0.05, 0.1) is 6.04 Å². The second kappa shape index (κ2) is 8.59. The summed E-state index contributed by atoms with van der Waals surface area (Å²) in [4.78, 5) is 14.2. The first-order chi connectivity index (χ1) is 13.0. The second-order valence-electron chi connectivity index (χ2n) is 6.65. The first-order valence-electron chi connectivity index (χ1n) is 9.15. The minimum Gasteiger partial charge on any atom is -0.415 e. The van der Waals surface area contributed by atoms with E-state index < -0.39 is 19.4 Å². The van der Waals surface area contributed by atoms with Crippen molar-refractivity contribution < 1.29 is 18.4 Å². The molecular weight excluding hydrogens is 363 g/mol. The van der Waals surface area contributed by atoms with Gasteiger partial charge in [-0.3, -0.25) is 4.79 Å². The largest absolute Gasteiger partial charge is 0.453 e. The molecule has 1 saturated heterocycles. The van der Waals surface area contributed by atoms with Gasteiger partial charge >= 0.3 is 7.60 Å². The lowest BCUT2D eigenvalue weighted by Crippen LogP contribution is -2.50. The van der Waals surface area contributed by atoms with Gasteiger partial charge in [0, 0.05) is 6.54 Å². The Morgan fingerprint density at radius 2 is 1.56 bits per heavy atom. The zero-order chi connectivity index (χ0) is 19.3. The molecule has 0 bridgehead atoms. The zero-order valence-corrected chi connectivity index (χ0v) is 16.3. The molecule has 7 heteroatoms. The molecule has 2 aromatic rings. The SMILES string of the molecule is C[C@H](N)C(=O)N1CCCCC1P(=O)(Oc1ccccc1)Oc1ccccc1. The highest BCUT2D eigenvalue weighted by Gasteiger charge is 2.46. The van der Waals surface area contributed by atoms with Crippen LogP contribution in [0.4, 0.5) is 0 Å². The Balaban J connectivity index is 1.96. The Bertz CT molecular complexity index is 753. The topological polar surface area (TPSA) is 81.9 Å². The first kappa shape index (κ1) is 19.5. The van der Waals surface area contributed by atoms with Crippen LogP contribution in [0.2, 0.25) is 0 Å². The molecule has 0 aliphatic carbocycles. The van der Waals surface area contributed by atoms with Crippen LogP contribution >= 0.6 is 7.60 Å². The molecule has 1 heterocycles. The zero-order valence-electron chi connectivity index (χ0n) is 15.4. The number of para-hydroxylation sites is 2. The van der Waals surface area contributed by atoms with Crippen molar-refractivity contribution in [1.29, 1.82) is 0 Å². The van der Waals surface area contributed by atoms with E-state index in [1.165, 1.54) is 0 Å². The fraction of sp³-hybridized carbons (Fsp3) is 0.350. The highest BCUT2D eigenvalue weighted by molar-refractivity contribution is 7.55. The molecule has 1 aliphatic heterocycles. The van der Waals surface area contributed by atoms with Crippen LogP contribution in [-0.4, -0.2) is 29.2 Å². The summed E-state index contributed by atoms with van der Waals surface area (Å²) in [6.45, 7) is 2.13. The number of hydrogen-bond donors (Lipinski definition) is 1. The number of nitrogens with zero attached hydrogens (tertiary/aromatic N) is 1. The number of amides is 1. The molecule has 1 aliphatic rings. The van der Waals surface area contributed by atoms with Crippen LogP contribution in [0.15, 0.2) is 60.7 Å². The number of hydrogen-bond acceptors (Lipinski definition) is 5. The van der Waals surface area contributed by atoms with Crippen LogP contribution in [0.1, 0.15) is 26.2 Å². The third kappa shape index (κ3) is 4.71. The molecule has 3 rings (SSSR count). The van der Waals surface area contributed by atoms with Crippen molar-refractivity contribution in [2.24, 2.45) is 5.73 Å². The lowest BCUT2D eigenvalue weighted by Gasteiger charge is -2.39. The summed E-state index contributed by atoms with van der Waals surface area (Å²) in [5.74, 6) is -0.0375. The van der Waals surface area contributed by atoms with Crippen LogP contribution in [0.3, 0.4) is 0 Å². The van der Waals surface area contributed by atoms with Gasteiger partial charge in [0.25, 0.3) is 0 Å². The van der Waals surface area contributed by atoms with E-state index in [0.717, 1.165) is 12.8 Å². The number of carbonyl (C=O) groups is 1. The Morgan fingerprint density at radius 1 is 1.04 bits per heavy atom. The molecule has 2 atom stereocenters. The smallest absolute Gasteiger partial charge is 0.415 e. The van der Waals surface area contributed by atoms with Gasteiger partial charge in [-0.05, 0) is 50.5 Å².